The van der Waals surface area contributed by atoms with E-state index in [2.05, 4.69) is 23.6 Å². The lowest BCUT2D eigenvalue weighted by Crippen LogP contribution is -1.98. The van der Waals surface area contributed by atoms with Gasteiger partial charge in [-0.15, -0.1) is 0 Å². The van der Waals surface area contributed by atoms with E-state index in [-0.39, 0.29) is 0 Å². The first-order valence-electron chi connectivity index (χ1n) is 4.77. The highest BCUT2D eigenvalue weighted by atomic mass is 15.3. The molecule has 78 valence electrons. The van der Waals surface area contributed by atoms with E-state index >= 15 is 0 Å². The first-order chi connectivity index (χ1) is 7.19. The van der Waals surface area contributed by atoms with Crippen molar-refractivity contribution in [3.63, 3.8) is 0 Å². The molecule has 0 saturated heterocycles. The highest BCUT2D eigenvalue weighted by Gasteiger charge is 2.04. The van der Waals surface area contributed by atoms with E-state index in [1.165, 1.54) is 11.9 Å². The average molecular weight is 202 g/mol. The molecule has 0 saturated carbocycles. The van der Waals surface area contributed by atoms with Gasteiger partial charge in [0.25, 0.3) is 0 Å². The lowest BCUT2D eigenvalue weighted by Gasteiger charge is -1.99. The summed E-state index contributed by atoms with van der Waals surface area (Å²) in [4.78, 5) is 4.13. The summed E-state index contributed by atoms with van der Waals surface area (Å²) in [6.07, 6.45) is 4.23. The van der Waals surface area contributed by atoms with E-state index in [9.17, 15) is 0 Å². The first kappa shape index (κ1) is 11.2. The number of hydrogen-bond donors (Lipinski definition) is 0. The minimum atomic E-state index is 0.372. The van der Waals surface area contributed by atoms with Crippen molar-refractivity contribution in [3.8, 4) is 6.07 Å². The standard InChI is InChI=1S/C11H14N4/c1-4-11-10(8-14-15(11)3)7-13-6-9(2)5-12/h6,8H,2,4,7H2,1,3H3. The van der Waals surface area contributed by atoms with E-state index in [4.69, 9.17) is 5.26 Å². The maximum absolute atomic E-state index is 8.48. The monoisotopic (exact) mass is 202 g/mol. The summed E-state index contributed by atoms with van der Waals surface area (Å²) >= 11 is 0. The van der Waals surface area contributed by atoms with Crippen molar-refractivity contribution >= 4 is 6.21 Å². The molecule has 0 unspecified atom stereocenters. The molecule has 1 aromatic rings. The van der Waals surface area contributed by atoms with Crippen molar-refractivity contribution in [1.82, 2.24) is 9.78 Å². The third-order valence-corrected chi connectivity index (χ3v) is 2.14. The smallest absolute Gasteiger partial charge is 0.100 e. The zero-order chi connectivity index (χ0) is 11.3. The molecule has 4 nitrogen and oxygen atoms in total. The number of rotatable bonds is 4. The molecule has 0 aliphatic rings. The van der Waals surface area contributed by atoms with Gasteiger partial charge in [0.15, 0.2) is 0 Å². The van der Waals surface area contributed by atoms with Crippen LogP contribution in [0.5, 0.6) is 0 Å². The fourth-order valence-electron chi connectivity index (χ4n) is 1.38. The van der Waals surface area contributed by atoms with Crippen molar-refractivity contribution < 1.29 is 0 Å². The third-order valence-electron chi connectivity index (χ3n) is 2.14. The van der Waals surface area contributed by atoms with Crippen molar-refractivity contribution in [3.05, 3.63) is 29.6 Å². The van der Waals surface area contributed by atoms with Gasteiger partial charge in [-0.3, -0.25) is 9.67 Å². The molecule has 1 aromatic heterocycles. The Bertz CT molecular complexity index is 420. The fourth-order valence-corrected chi connectivity index (χ4v) is 1.38. The van der Waals surface area contributed by atoms with E-state index < -0.39 is 0 Å². The minimum Gasteiger partial charge on any atom is -0.287 e. The van der Waals surface area contributed by atoms with Crippen LogP contribution in [-0.4, -0.2) is 16.0 Å². The number of allylic oxidation sites excluding steroid dienone is 1. The van der Waals surface area contributed by atoms with Crippen LogP contribution in [0.1, 0.15) is 18.2 Å². The number of nitriles is 1. The third kappa shape index (κ3) is 2.78. The lowest BCUT2D eigenvalue weighted by molar-refractivity contribution is 0.714. The van der Waals surface area contributed by atoms with Gasteiger partial charge in [-0.2, -0.15) is 10.4 Å². The van der Waals surface area contributed by atoms with Crippen LogP contribution in [-0.2, 0) is 20.0 Å². The molecule has 1 rings (SSSR count). The van der Waals surface area contributed by atoms with E-state index in [1.54, 1.807) is 0 Å². The van der Waals surface area contributed by atoms with Gasteiger partial charge < -0.3 is 0 Å². The largest absolute Gasteiger partial charge is 0.287 e. The number of nitrogens with zero attached hydrogens (tertiary/aromatic N) is 4. The maximum Gasteiger partial charge on any atom is 0.100 e. The van der Waals surface area contributed by atoms with Crippen LogP contribution in [0.2, 0.25) is 0 Å². The molecule has 0 N–H and O–H groups in total. The van der Waals surface area contributed by atoms with Gasteiger partial charge in [0, 0.05) is 24.5 Å². The zero-order valence-corrected chi connectivity index (χ0v) is 9.06. The molecule has 0 aliphatic carbocycles. The Hall–Kier alpha value is -1.89. The molecule has 1 heterocycles. The summed E-state index contributed by atoms with van der Waals surface area (Å²) in [5.41, 5.74) is 2.65. The second kappa shape index (κ2) is 5.11. The van der Waals surface area contributed by atoms with Crippen LogP contribution in [0.15, 0.2) is 23.3 Å². The van der Waals surface area contributed by atoms with Gasteiger partial charge in [-0.25, -0.2) is 0 Å². The van der Waals surface area contributed by atoms with Crippen molar-refractivity contribution in [1.29, 1.82) is 5.26 Å². The molecule has 0 radical (unpaired) electrons. The quantitative estimate of drug-likeness (QED) is 0.550. The Labute approximate surface area is 89.6 Å². The van der Waals surface area contributed by atoms with Gasteiger partial charge in [0.1, 0.15) is 6.07 Å². The second-order valence-corrected chi connectivity index (χ2v) is 3.20. The molecule has 15 heavy (non-hydrogen) atoms. The number of aryl methyl sites for hydroxylation is 1. The van der Waals surface area contributed by atoms with Gasteiger partial charge in [-0.1, -0.05) is 13.5 Å². The SMILES string of the molecule is C=C(C#N)C=NCc1cnn(C)c1CC. The predicted octanol–water partition coefficient (Wildman–Crippen LogP) is 1.63. The molecule has 0 fully saturated rings. The zero-order valence-electron chi connectivity index (χ0n) is 9.06. The molecule has 0 amide bonds. The highest BCUT2D eigenvalue weighted by molar-refractivity contribution is 5.82. The first-order valence-corrected chi connectivity index (χ1v) is 4.77. The van der Waals surface area contributed by atoms with Gasteiger partial charge in [-0.05, 0) is 6.42 Å². The minimum absolute atomic E-state index is 0.372. The van der Waals surface area contributed by atoms with Crippen molar-refractivity contribution in [2.45, 2.75) is 19.9 Å². The summed E-state index contributed by atoms with van der Waals surface area (Å²) in [6, 6.07) is 1.92. The molecule has 0 bridgehead atoms. The summed E-state index contributed by atoms with van der Waals surface area (Å²) < 4.78 is 1.85. The van der Waals surface area contributed by atoms with Crippen LogP contribution < -0.4 is 0 Å². The van der Waals surface area contributed by atoms with Crippen molar-refractivity contribution in [2.75, 3.05) is 0 Å². The predicted molar refractivity (Wildman–Crippen MR) is 59.5 cm³/mol. The molecule has 0 aromatic carbocycles. The Morgan fingerprint density at radius 2 is 2.53 bits per heavy atom. The van der Waals surface area contributed by atoms with Crippen LogP contribution in [0.3, 0.4) is 0 Å². The van der Waals surface area contributed by atoms with E-state index in [1.807, 2.05) is 24.0 Å². The Morgan fingerprint density at radius 3 is 3.13 bits per heavy atom. The van der Waals surface area contributed by atoms with Crippen molar-refractivity contribution in [2.24, 2.45) is 12.0 Å². The molecular weight excluding hydrogens is 188 g/mol. The van der Waals surface area contributed by atoms with E-state index in [0.717, 1.165) is 12.0 Å². The topological polar surface area (TPSA) is 54.0 Å². The maximum atomic E-state index is 8.48. The molecule has 4 heteroatoms. The van der Waals surface area contributed by atoms with Gasteiger partial charge in [0.05, 0.1) is 18.3 Å². The average Bonchev–Trinajstić information content (AvgIpc) is 2.59. The summed E-state index contributed by atoms with van der Waals surface area (Å²) in [5, 5.41) is 12.6. The molecule has 0 spiro atoms. The number of aliphatic imine (C=N–C) groups is 1. The lowest BCUT2D eigenvalue weighted by atomic mass is 10.2. The summed E-state index contributed by atoms with van der Waals surface area (Å²) in [6.45, 7) is 6.16. The van der Waals surface area contributed by atoms with Crippen LogP contribution in [0.4, 0.5) is 0 Å². The molecule has 0 aliphatic heterocycles. The second-order valence-electron chi connectivity index (χ2n) is 3.20. The molecule has 0 atom stereocenters. The number of hydrogen-bond acceptors (Lipinski definition) is 3. The molecular formula is C11H14N4. The van der Waals surface area contributed by atoms with E-state index in [0.29, 0.717) is 12.1 Å². The Kier molecular flexibility index (Phi) is 3.81. The van der Waals surface area contributed by atoms with Crippen LogP contribution >= 0.6 is 0 Å². The summed E-state index contributed by atoms with van der Waals surface area (Å²) in [5.74, 6) is 0. The van der Waals surface area contributed by atoms with Gasteiger partial charge in [0.2, 0.25) is 0 Å². The van der Waals surface area contributed by atoms with Crippen LogP contribution in [0, 0.1) is 11.3 Å². The van der Waals surface area contributed by atoms with Gasteiger partial charge >= 0.3 is 0 Å². The number of aromatic nitrogens is 2. The Balaban J connectivity index is 2.70. The normalized spacial score (nSPS) is 10.5. The Morgan fingerprint density at radius 1 is 1.80 bits per heavy atom. The fraction of sp³-hybridized carbons (Fsp3) is 0.364. The summed E-state index contributed by atoms with van der Waals surface area (Å²) in [7, 11) is 1.92. The van der Waals surface area contributed by atoms with Crippen LogP contribution in [0.25, 0.3) is 0 Å². The highest BCUT2D eigenvalue weighted by Crippen LogP contribution is 2.09.